The number of halogens is 2. The summed E-state index contributed by atoms with van der Waals surface area (Å²) >= 11 is 5.82. The van der Waals surface area contributed by atoms with Crippen LogP contribution in [0.2, 0.25) is 5.02 Å². The lowest BCUT2D eigenvalue weighted by Crippen LogP contribution is -2.38. The van der Waals surface area contributed by atoms with E-state index < -0.39 is 5.82 Å². The summed E-state index contributed by atoms with van der Waals surface area (Å²) in [5, 5.41) is 9.88. The molecule has 1 N–H and O–H groups in total. The lowest BCUT2D eigenvalue weighted by molar-refractivity contribution is 0.105. The maximum absolute atomic E-state index is 14.1. The van der Waals surface area contributed by atoms with Gasteiger partial charge in [-0.25, -0.2) is 4.39 Å². The molecule has 0 bridgehead atoms. The molecule has 4 rings (SSSR count). The molecule has 162 valence electrons. The Balaban J connectivity index is 1.55. The van der Waals surface area contributed by atoms with Gasteiger partial charge in [0.15, 0.2) is 0 Å². The second-order valence-corrected chi connectivity index (χ2v) is 8.03. The highest BCUT2D eigenvalue weighted by molar-refractivity contribution is 6.30. The van der Waals surface area contributed by atoms with E-state index in [-0.39, 0.29) is 6.61 Å². The molecule has 1 saturated heterocycles. The summed E-state index contributed by atoms with van der Waals surface area (Å²) in [5.41, 5.74) is 4.01. The Morgan fingerprint density at radius 1 is 1.39 bits per heavy atom. The number of piperidine rings is 1. The van der Waals surface area contributed by atoms with Crippen molar-refractivity contribution in [2.75, 3.05) is 13.1 Å². The van der Waals surface area contributed by atoms with E-state index in [0.29, 0.717) is 16.6 Å². The Bertz CT molecular complexity index is 1110. The quantitative estimate of drug-likeness (QED) is 0.433. The van der Waals surface area contributed by atoms with Crippen LogP contribution in [0.5, 0.6) is 0 Å². The molecule has 31 heavy (non-hydrogen) atoms. The molecule has 8 heteroatoms. The number of hydrogen-bond acceptors (Lipinski definition) is 5. The van der Waals surface area contributed by atoms with E-state index in [1.165, 1.54) is 6.07 Å². The first-order chi connectivity index (χ1) is 15.0. The molecule has 0 aliphatic carbocycles. The van der Waals surface area contributed by atoms with Gasteiger partial charge in [0, 0.05) is 35.9 Å². The standard InChI is InChI=1S/C23H25ClFN5O/c1-16(14-29(26-2)20-5-8-27-9-6-20)18-11-23-22(28-13-18)7-10-30(23)31-15-17-3-4-19(24)12-21(17)25/h3-4,7,10-14,20,27H,2,5-6,8-9,15H2,1H3. The fraction of sp³-hybridized carbons (Fsp3) is 0.304. The van der Waals surface area contributed by atoms with Crippen LogP contribution in [0.25, 0.3) is 16.6 Å². The molecule has 1 aromatic carbocycles. The third kappa shape index (κ3) is 4.89. The van der Waals surface area contributed by atoms with Gasteiger partial charge in [0.05, 0.1) is 11.6 Å². The monoisotopic (exact) mass is 441 g/mol. The molecular weight excluding hydrogens is 417 g/mol. The van der Waals surface area contributed by atoms with Gasteiger partial charge in [-0.15, -0.1) is 0 Å². The minimum absolute atomic E-state index is 0.0791. The van der Waals surface area contributed by atoms with Crippen molar-refractivity contribution in [1.82, 2.24) is 20.0 Å². The lowest BCUT2D eigenvalue weighted by Gasteiger charge is -2.30. The molecular formula is C23H25ClFN5O. The lowest BCUT2D eigenvalue weighted by atomic mass is 10.1. The summed E-state index contributed by atoms with van der Waals surface area (Å²) in [5.74, 6) is -0.392. The van der Waals surface area contributed by atoms with Crippen molar-refractivity contribution in [1.29, 1.82) is 0 Å². The van der Waals surface area contributed by atoms with Crippen molar-refractivity contribution in [2.45, 2.75) is 32.4 Å². The van der Waals surface area contributed by atoms with Gasteiger partial charge in [0.25, 0.3) is 0 Å². The Morgan fingerprint density at radius 3 is 2.94 bits per heavy atom. The minimum atomic E-state index is -0.392. The molecule has 0 amide bonds. The average molecular weight is 442 g/mol. The number of allylic oxidation sites excluding steroid dienone is 1. The Labute approximate surface area is 185 Å². The summed E-state index contributed by atoms with van der Waals surface area (Å²) < 4.78 is 15.7. The molecule has 2 aromatic heterocycles. The van der Waals surface area contributed by atoms with Crippen LogP contribution in [-0.4, -0.2) is 40.6 Å². The number of nitrogens with zero attached hydrogens (tertiary/aromatic N) is 4. The van der Waals surface area contributed by atoms with Crippen LogP contribution in [0.4, 0.5) is 4.39 Å². The van der Waals surface area contributed by atoms with Crippen LogP contribution in [0.1, 0.15) is 30.9 Å². The molecule has 1 aliphatic heterocycles. The van der Waals surface area contributed by atoms with Crippen molar-refractivity contribution in [3.8, 4) is 0 Å². The van der Waals surface area contributed by atoms with Crippen molar-refractivity contribution in [2.24, 2.45) is 5.10 Å². The summed E-state index contributed by atoms with van der Waals surface area (Å²) in [6, 6.07) is 8.76. The van der Waals surface area contributed by atoms with Crippen LogP contribution in [-0.2, 0) is 6.61 Å². The molecule has 0 saturated carbocycles. The Hall–Kier alpha value is -2.90. The van der Waals surface area contributed by atoms with E-state index in [2.05, 4.69) is 22.1 Å². The molecule has 3 aromatic rings. The first kappa shape index (κ1) is 21.3. The normalized spacial score (nSPS) is 15.3. The third-order valence-corrected chi connectivity index (χ3v) is 5.74. The minimum Gasteiger partial charge on any atom is -0.409 e. The van der Waals surface area contributed by atoms with Crippen molar-refractivity contribution in [3.05, 3.63) is 70.9 Å². The topological polar surface area (TPSA) is 54.7 Å². The second-order valence-electron chi connectivity index (χ2n) is 7.59. The number of fused-ring (bicyclic) bond motifs is 1. The van der Waals surface area contributed by atoms with E-state index >= 15 is 0 Å². The number of rotatable bonds is 7. The smallest absolute Gasteiger partial charge is 0.143 e. The van der Waals surface area contributed by atoms with E-state index in [0.717, 1.165) is 48.1 Å². The van der Waals surface area contributed by atoms with Gasteiger partial charge in [-0.05, 0) is 68.3 Å². The highest BCUT2D eigenvalue weighted by Crippen LogP contribution is 2.23. The average Bonchev–Trinajstić information content (AvgIpc) is 3.19. The zero-order valence-electron chi connectivity index (χ0n) is 17.4. The summed E-state index contributed by atoms with van der Waals surface area (Å²) in [4.78, 5) is 10.4. The molecule has 0 atom stereocenters. The van der Waals surface area contributed by atoms with Gasteiger partial charge < -0.3 is 10.2 Å². The van der Waals surface area contributed by atoms with Gasteiger partial charge in [-0.3, -0.25) is 9.99 Å². The van der Waals surface area contributed by atoms with E-state index in [1.54, 1.807) is 23.1 Å². The highest BCUT2D eigenvalue weighted by Gasteiger charge is 2.18. The number of nitrogens with one attached hydrogen (secondary N) is 1. The van der Waals surface area contributed by atoms with Crippen LogP contribution < -0.4 is 10.2 Å². The summed E-state index contributed by atoms with van der Waals surface area (Å²) in [6.45, 7) is 7.81. The van der Waals surface area contributed by atoms with Gasteiger partial charge in [-0.2, -0.15) is 9.83 Å². The number of hydrogen-bond donors (Lipinski definition) is 1. The molecule has 1 fully saturated rings. The molecule has 0 radical (unpaired) electrons. The highest BCUT2D eigenvalue weighted by atomic mass is 35.5. The van der Waals surface area contributed by atoms with Gasteiger partial charge in [0.1, 0.15) is 17.9 Å². The van der Waals surface area contributed by atoms with Crippen molar-refractivity contribution in [3.63, 3.8) is 0 Å². The van der Waals surface area contributed by atoms with Gasteiger partial charge in [-0.1, -0.05) is 17.7 Å². The maximum Gasteiger partial charge on any atom is 0.143 e. The number of pyridine rings is 1. The first-order valence-corrected chi connectivity index (χ1v) is 10.6. The fourth-order valence-corrected chi connectivity index (χ4v) is 3.86. The third-order valence-electron chi connectivity index (χ3n) is 5.50. The summed E-state index contributed by atoms with van der Waals surface area (Å²) in [6.07, 6.45) is 7.68. The largest absolute Gasteiger partial charge is 0.409 e. The van der Waals surface area contributed by atoms with E-state index in [9.17, 15) is 4.39 Å². The van der Waals surface area contributed by atoms with Crippen molar-refractivity contribution < 1.29 is 9.23 Å². The first-order valence-electron chi connectivity index (χ1n) is 10.2. The number of aromatic nitrogens is 2. The molecule has 0 spiro atoms. The molecule has 6 nitrogen and oxygen atoms in total. The predicted octanol–water partition coefficient (Wildman–Crippen LogP) is 4.49. The maximum atomic E-state index is 14.1. The predicted molar refractivity (Wildman–Crippen MR) is 122 cm³/mol. The van der Waals surface area contributed by atoms with Crippen LogP contribution in [0.3, 0.4) is 0 Å². The zero-order valence-corrected chi connectivity index (χ0v) is 18.1. The Kier molecular flexibility index (Phi) is 6.53. The van der Waals surface area contributed by atoms with Gasteiger partial charge in [0.2, 0.25) is 0 Å². The van der Waals surface area contributed by atoms with Crippen molar-refractivity contribution >= 4 is 34.9 Å². The number of benzene rings is 1. The zero-order chi connectivity index (χ0) is 21.8. The fourth-order valence-electron chi connectivity index (χ4n) is 3.70. The number of hydrazone groups is 1. The SMILES string of the molecule is C=NN(C=C(C)c1cnc2ccn(OCc3ccc(Cl)cc3F)c2c1)C1CCNCC1. The van der Waals surface area contributed by atoms with E-state index in [4.69, 9.17) is 16.4 Å². The van der Waals surface area contributed by atoms with Crippen LogP contribution in [0, 0.1) is 5.82 Å². The van der Waals surface area contributed by atoms with Crippen LogP contribution in [0.15, 0.2) is 54.0 Å². The van der Waals surface area contributed by atoms with Gasteiger partial charge >= 0.3 is 0 Å². The Morgan fingerprint density at radius 2 is 2.19 bits per heavy atom. The molecule has 3 heterocycles. The van der Waals surface area contributed by atoms with E-state index in [1.807, 2.05) is 36.5 Å². The summed E-state index contributed by atoms with van der Waals surface area (Å²) in [7, 11) is 0. The molecule has 1 aliphatic rings. The molecule has 0 unspecified atom stereocenters. The second kappa shape index (κ2) is 9.49. The van der Waals surface area contributed by atoms with Crippen LogP contribution >= 0.6 is 11.6 Å².